The minimum atomic E-state index is 0. The van der Waals surface area contributed by atoms with Gasteiger partial charge in [0, 0.05) is 0 Å². The second-order valence-corrected chi connectivity index (χ2v) is 4.03. The molecule has 0 fully saturated rings. The molecule has 2 atom stereocenters. The Morgan fingerprint density at radius 1 is 0.615 bits per heavy atom. The lowest BCUT2D eigenvalue weighted by atomic mass is 10.1. The predicted octanol–water partition coefficient (Wildman–Crippen LogP) is 4.36. The molecule has 0 aliphatic rings. The van der Waals surface area contributed by atoms with Crippen molar-refractivity contribution >= 4 is 0 Å². The van der Waals surface area contributed by atoms with Gasteiger partial charge in [-0.1, -0.05) is 42.5 Å². The molecular weight excluding hydrogens is 160 g/mol. The van der Waals surface area contributed by atoms with Crippen molar-refractivity contribution in [2.75, 3.05) is 0 Å². The summed E-state index contributed by atoms with van der Waals surface area (Å²) in [5.41, 5.74) is 0. The van der Waals surface area contributed by atoms with Crippen LogP contribution in [0, 0.1) is 11.8 Å². The largest absolute Gasteiger partial charge is 0.375 e. The standard InChI is InChI=1S/C10H22O.2CH4/c1-7(2)9(5)11-10(6)8(3)4;;/h7-10H,1-6H3;2*1H4. The predicted molar refractivity (Wildman–Crippen MR) is 63.1 cm³/mol. The van der Waals surface area contributed by atoms with Crippen LogP contribution in [0.1, 0.15) is 56.4 Å². The molecule has 2 unspecified atom stereocenters. The molecule has 0 radical (unpaired) electrons. The monoisotopic (exact) mass is 190 g/mol. The van der Waals surface area contributed by atoms with E-state index in [2.05, 4.69) is 41.5 Å². The number of rotatable bonds is 4. The van der Waals surface area contributed by atoms with E-state index in [-0.39, 0.29) is 14.9 Å². The lowest BCUT2D eigenvalue weighted by molar-refractivity contribution is -0.0368. The zero-order valence-electron chi connectivity index (χ0n) is 8.72. The first kappa shape index (κ1) is 18.7. The highest BCUT2D eigenvalue weighted by Gasteiger charge is 2.13. The van der Waals surface area contributed by atoms with Crippen molar-refractivity contribution in [1.29, 1.82) is 0 Å². The molecule has 0 spiro atoms. The molecule has 0 aromatic carbocycles. The molecule has 0 saturated carbocycles. The average Bonchev–Trinajstić information content (AvgIpc) is 1.87. The summed E-state index contributed by atoms with van der Waals surface area (Å²) in [6.07, 6.45) is 0.764. The highest BCUT2D eigenvalue weighted by molar-refractivity contribution is 4.61. The summed E-state index contributed by atoms with van der Waals surface area (Å²) in [5, 5.41) is 0. The normalized spacial score (nSPS) is 14.8. The maximum atomic E-state index is 5.77. The van der Waals surface area contributed by atoms with Gasteiger partial charge < -0.3 is 4.74 Å². The topological polar surface area (TPSA) is 9.23 Å². The SMILES string of the molecule is C.C.CC(C)C(C)OC(C)C(C)C. The van der Waals surface area contributed by atoms with E-state index in [1.54, 1.807) is 0 Å². The maximum Gasteiger partial charge on any atom is 0.0573 e. The minimum absolute atomic E-state index is 0. The quantitative estimate of drug-likeness (QED) is 0.640. The van der Waals surface area contributed by atoms with E-state index in [1.165, 1.54) is 0 Å². The van der Waals surface area contributed by atoms with Crippen LogP contribution in [-0.4, -0.2) is 12.2 Å². The van der Waals surface area contributed by atoms with Crippen molar-refractivity contribution in [3.8, 4) is 0 Å². The van der Waals surface area contributed by atoms with Gasteiger partial charge in [-0.05, 0) is 25.7 Å². The van der Waals surface area contributed by atoms with E-state index in [0.717, 1.165) is 0 Å². The van der Waals surface area contributed by atoms with E-state index < -0.39 is 0 Å². The fourth-order valence-corrected chi connectivity index (χ4v) is 0.653. The second kappa shape index (κ2) is 8.55. The third-order valence-corrected chi connectivity index (χ3v) is 2.31. The Kier molecular flexibility index (Phi) is 12.3. The minimum Gasteiger partial charge on any atom is -0.375 e. The molecule has 84 valence electrons. The lowest BCUT2D eigenvalue weighted by Gasteiger charge is -2.24. The molecule has 0 aliphatic carbocycles. The average molecular weight is 190 g/mol. The van der Waals surface area contributed by atoms with Crippen LogP contribution in [0.15, 0.2) is 0 Å². The molecule has 0 N–H and O–H groups in total. The van der Waals surface area contributed by atoms with Crippen molar-refractivity contribution in [3.63, 3.8) is 0 Å². The zero-order chi connectivity index (χ0) is 9.02. The lowest BCUT2D eigenvalue weighted by Crippen LogP contribution is -2.25. The van der Waals surface area contributed by atoms with Gasteiger partial charge in [-0.15, -0.1) is 0 Å². The van der Waals surface area contributed by atoms with Gasteiger partial charge in [0.1, 0.15) is 0 Å². The van der Waals surface area contributed by atoms with Crippen LogP contribution in [0.2, 0.25) is 0 Å². The molecule has 0 heterocycles. The summed E-state index contributed by atoms with van der Waals surface area (Å²) in [7, 11) is 0. The van der Waals surface area contributed by atoms with Gasteiger partial charge in [-0.3, -0.25) is 0 Å². The highest BCUT2D eigenvalue weighted by atomic mass is 16.5. The molecule has 13 heavy (non-hydrogen) atoms. The van der Waals surface area contributed by atoms with Gasteiger partial charge >= 0.3 is 0 Å². The van der Waals surface area contributed by atoms with Crippen LogP contribution >= 0.6 is 0 Å². The highest BCUT2D eigenvalue weighted by Crippen LogP contribution is 2.13. The summed E-state index contributed by atoms with van der Waals surface area (Å²) in [6.45, 7) is 13.1. The molecule has 0 aromatic heterocycles. The van der Waals surface area contributed by atoms with E-state index in [9.17, 15) is 0 Å². The van der Waals surface area contributed by atoms with Gasteiger partial charge in [0.15, 0.2) is 0 Å². The van der Waals surface area contributed by atoms with Gasteiger partial charge in [0.2, 0.25) is 0 Å². The van der Waals surface area contributed by atoms with Gasteiger partial charge in [0.25, 0.3) is 0 Å². The van der Waals surface area contributed by atoms with Crippen LogP contribution in [0.5, 0.6) is 0 Å². The summed E-state index contributed by atoms with van der Waals surface area (Å²) in [6, 6.07) is 0. The second-order valence-electron chi connectivity index (χ2n) is 4.03. The molecular formula is C12H30O. The van der Waals surface area contributed by atoms with Crippen LogP contribution in [0.25, 0.3) is 0 Å². The first-order valence-corrected chi connectivity index (χ1v) is 4.60. The van der Waals surface area contributed by atoms with Crippen LogP contribution in [0.4, 0.5) is 0 Å². The van der Waals surface area contributed by atoms with Crippen molar-refractivity contribution in [1.82, 2.24) is 0 Å². The van der Waals surface area contributed by atoms with E-state index in [1.807, 2.05) is 0 Å². The Morgan fingerprint density at radius 2 is 0.846 bits per heavy atom. The number of hydrogen-bond donors (Lipinski definition) is 0. The third kappa shape index (κ3) is 8.29. The molecule has 0 amide bonds. The van der Waals surface area contributed by atoms with E-state index >= 15 is 0 Å². The summed E-state index contributed by atoms with van der Waals surface area (Å²) in [5.74, 6) is 1.24. The number of ether oxygens (including phenoxy) is 1. The van der Waals surface area contributed by atoms with Gasteiger partial charge in [0.05, 0.1) is 12.2 Å². The summed E-state index contributed by atoms with van der Waals surface area (Å²) < 4.78 is 5.77. The Hall–Kier alpha value is -0.0400. The first-order chi connectivity index (χ1) is 4.95. The molecule has 0 aromatic rings. The maximum absolute atomic E-state index is 5.77. The fraction of sp³-hybridized carbons (Fsp3) is 1.00. The Labute approximate surface area is 85.9 Å². The molecule has 1 heteroatoms. The fourth-order valence-electron chi connectivity index (χ4n) is 0.653. The molecule has 0 saturated heterocycles. The van der Waals surface area contributed by atoms with E-state index in [0.29, 0.717) is 24.0 Å². The van der Waals surface area contributed by atoms with Crippen molar-refractivity contribution in [2.45, 2.75) is 68.6 Å². The first-order valence-electron chi connectivity index (χ1n) is 4.60. The summed E-state index contributed by atoms with van der Waals surface area (Å²) >= 11 is 0. The van der Waals surface area contributed by atoms with Crippen molar-refractivity contribution in [3.05, 3.63) is 0 Å². The van der Waals surface area contributed by atoms with E-state index in [4.69, 9.17) is 4.74 Å². The molecule has 0 aliphatic heterocycles. The smallest absolute Gasteiger partial charge is 0.0573 e. The van der Waals surface area contributed by atoms with Gasteiger partial charge in [-0.25, -0.2) is 0 Å². The summed E-state index contributed by atoms with van der Waals surface area (Å²) in [4.78, 5) is 0. The van der Waals surface area contributed by atoms with Crippen LogP contribution in [0.3, 0.4) is 0 Å². The molecule has 1 nitrogen and oxygen atoms in total. The van der Waals surface area contributed by atoms with Crippen molar-refractivity contribution < 1.29 is 4.74 Å². The Morgan fingerprint density at radius 3 is 1.00 bits per heavy atom. The van der Waals surface area contributed by atoms with Gasteiger partial charge in [-0.2, -0.15) is 0 Å². The number of hydrogen-bond acceptors (Lipinski definition) is 1. The van der Waals surface area contributed by atoms with Crippen LogP contribution < -0.4 is 0 Å². The zero-order valence-corrected chi connectivity index (χ0v) is 8.72. The van der Waals surface area contributed by atoms with Crippen LogP contribution in [-0.2, 0) is 4.74 Å². The third-order valence-electron chi connectivity index (χ3n) is 2.31. The molecule has 0 rings (SSSR count). The Bertz CT molecular complexity index is 85.3. The molecule has 0 bridgehead atoms. The Balaban J connectivity index is -0.000000500. The van der Waals surface area contributed by atoms with Crippen molar-refractivity contribution in [2.24, 2.45) is 11.8 Å².